The fourth-order valence-corrected chi connectivity index (χ4v) is 3.83. The van der Waals surface area contributed by atoms with Crippen LogP contribution in [0, 0.1) is 11.8 Å². The van der Waals surface area contributed by atoms with E-state index in [2.05, 4.69) is 43.1 Å². The van der Waals surface area contributed by atoms with Crippen molar-refractivity contribution < 1.29 is 0 Å². The first kappa shape index (κ1) is 12.7. The van der Waals surface area contributed by atoms with Crippen LogP contribution in [0.3, 0.4) is 0 Å². The number of pyridine rings is 1. The molecule has 1 nitrogen and oxygen atoms in total. The van der Waals surface area contributed by atoms with Crippen LogP contribution in [0.4, 0.5) is 0 Å². The lowest BCUT2D eigenvalue weighted by molar-refractivity contribution is 0.357. The number of hydrogen-bond donors (Lipinski definition) is 0. The van der Waals surface area contributed by atoms with Crippen LogP contribution in [0.5, 0.6) is 0 Å². The molecule has 0 saturated heterocycles. The van der Waals surface area contributed by atoms with E-state index in [1.54, 1.807) is 0 Å². The van der Waals surface area contributed by atoms with Gasteiger partial charge >= 0.3 is 0 Å². The Hall–Kier alpha value is -1.37. The molecule has 1 saturated carbocycles. The van der Waals surface area contributed by atoms with E-state index in [0.717, 1.165) is 17.8 Å². The van der Waals surface area contributed by atoms with E-state index >= 15 is 0 Å². The van der Waals surface area contributed by atoms with Crippen molar-refractivity contribution in [2.75, 3.05) is 0 Å². The Morgan fingerprint density at radius 3 is 2.89 bits per heavy atom. The molecule has 1 fully saturated rings. The Bertz CT molecular complexity index is 560. The lowest BCUT2D eigenvalue weighted by Gasteiger charge is -2.23. The molecular weight excluding hydrogens is 230 g/mol. The summed E-state index contributed by atoms with van der Waals surface area (Å²) < 4.78 is 0. The Kier molecular flexibility index (Phi) is 3.54. The second-order valence-corrected chi connectivity index (χ2v) is 6.10. The van der Waals surface area contributed by atoms with E-state index in [1.165, 1.54) is 42.0 Å². The minimum atomic E-state index is 0.763. The molecule has 0 spiro atoms. The summed E-state index contributed by atoms with van der Waals surface area (Å²) in [5.41, 5.74) is 1.53. The second kappa shape index (κ2) is 5.32. The lowest BCUT2D eigenvalue weighted by Crippen LogP contribution is -2.11. The molecule has 0 N–H and O–H groups in total. The third-order valence-corrected chi connectivity index (χ3v) is 4.90. The molecule has 19 heavy (non-hydrogen) atoms. The van der Waals surface area contributed by atoms with Crippen molar-refractivity contribution in [2.45, 2.75) is 45.4 Å². The Labute approximate surface area is 116 Å². The quantitative estimate of drug-likeness (QED) is 0.735. The van der Waals surface area contributed by atoms with Crippen molar-refractivity contribution in [1.82, 2.24) is 4.98 Å². The molecule has 1 heterocycles. The maximum Gasteiger partial charge on any atom is 0.0346 e. The van der Waals surface area contributed by atoms with E-state index in [0.29, 0.717) is 0 Å². The van der Waals surface area contributed by atoms with E-state index in [9.17, 15) is 0 Å². The van der Waals surface area contributed by atoms with Gasteiger partial charge in [-0.3, -0.25) is 4.98 Å². The fourth-order valence-electron chi connectivity index (χ4n) is 3.83. The highest BCUT2D eigenvalue weighted by atomic mass is 14.6. The number of rotatable bonds is 3. The molecule has 0 radical (unpaired) electrons. The van der Waals surface area contributed by atoms with Gasteiger partial charge in [0, 0.05) is 17.8 Å². The minimum Gasteiger partial charge on any atom is -0.264 e. The van der Waals surface area contributed by atoms with Crippen LogP contribution in [0.25, 0.3) is 10.8 Å². The zero-order valence-corrected chi connectivity index (χ0v) is 12.0. The Balaban J connectivity index is 1.94. The zero-order valence-electron chi connectivity index (χ0n) is 12.0. The summed E-state index contributed by atoms with van der Waals surface area (Å²) in [4.78, 5) is 4.25. The highest BCUT2D eigenvalue weighted by Gasteiger charge is 2.33. The van der Waals surface area contributed by atoms with Gasteiger partial charge in [-0.25, -0.2) is 0 Å². The molecule has 3 unspecified atom stereocenters. The number of aromatic nitrogens is 1. The molecular formula is C18H23N. The Morgan fingerprint density at radius 2 is 2.05 bits per heavy atom. The molecule has 2 aromatic rings. The predicted molar refractivity (Wildman–Crippen MR) is 81.3 cm³/mol. The molecule has 0 bridgehead atoms. The highest BCUT2D eigenvalue weighted by Crippen LogP contribution is 2.46. The molecule has 3 rings (SSSR count). The second-order valence-electron chi connectivity index (χ2n) is 6.10. The van der Waals surface area contributed by atoms with Crippen LogP contribution < -0.4 is 0 Å². The van der Waals surface area contributed by atoms with Gasteiger partial charge in [0.15, 0.2) is 0 Å². The van der Waals surface area contributed by atoms with Gasteiger partial charge in [0.2, 0.25) is 0 Å². The molecule has 100 valence electrons. The van der Waals surface area contributed by atoms with E-state index in [-0.39, 0.29) is 0 Å². The summed E-state index contributed by atoms with van der Waals surface area (Å²) in [7, 11) is 0. The van der Waals surface area contributed by atoms with Crippen LogP contribution in [-0.2, 0) is 0 Å². The summed E-state index contributed by atoms with van der Waals surface area (Å²) in [5, 5.41) is 2.59. The summed E-state index contributed by atoms with van der Waals surface area (Å²) in [6.45, 7) is 4.75. The van der Waals surface area contributed by atoms with Crippen LogP contribution >= 0.6 is 0 Å². The molecule has 0 aliphatic heterocycles. The summed E-state index contributed by atoms with van der Waals surface area (Å²) in [6.07, 6.45) is 9.29. The van der Waals surface area contributed by atoms with Crippen LogP contribution in [0.15, 0.2) is 36.7 Å². The molecule has 3 atom stereocenters. The molecule has 1 aromatic carbocycles. The number of benzene rings is 1. The van der Waals surface area contributed by atoms with Gasteiger partial charge in [0.05, 0.1) is 0 Å². The highest BCUT2D eigenvalue weighted by molar-refractivity contribution is 5.82. The topological polar surface area (TPSA) is 12.9 Å². The van der Waals surface area contributed by atoms with Crippen molar-refractivity contribution >= 4 is 10.8 Å². The summed E-state index contributed by atoms with van der Waals surface area (Å²) >= 11 is 0. The molecule has 0 amide bonds. The molecule has 1 heteroatoms. The minimum absolute atomic E-state index is 0.763. The third kappa shape index (κ3) is 2.39. The van der Waals surface area contributed by atoms with Gasteiger partial charge in [-0.05, 0) is 60.1 Å². The fraction of sp³-hybridized carbons (Fsp3) is 0.500. The standard InChI is InChI=1S/C18H23N/c1-3-4-17-13(2)5-8-18(17)15-7-6-14-9-10-19-12-16(14)11-15/h6-7,9-13,17-18H,3-5,8H2,1-2H3. The SMILES string of the molecule is CCCC1C(C)CCC1c1ccc2ccncc2c1. The number of nitrogens with zero attached hydrogens (tertiary/aromatic N) is 1. The molecule has 1 aromatic heterocycles. The average Bonchev–Trinajstić information content (AvgIpc) is 2.80. The van der Waals surface area contributed by atoms with Crippen molar-refractivity contribution in [1.29, 1.82) is 0 Å². The van der Waals surface area contributed by atoms with Crippen LogP contribution in [0.1, 0.15) is 51.0 Å². The van der Waals surface area contributed by atoms with Gasteiger partial charge < -0.3 is 0 Å². The Morgan fingerprint density at radius 1 is 1.16 bits per heavy atom. The van der Waals surface area contributed by atoms with Crippen molar-refractivity contribution in [3.05, 3.63) is 42.2 Å². The third-order valence-electron chi connectivity index (χ3n) is 4.90. The van der Waals surface area contributed by atoms with Crippen LogP contribution in [-0.4, -0.2) is 4.98 Å². The van der Waals surface area contributed by atoms with E-state index in [4.69, 9.17) is 0 Å². The first-order valence-electron chi connectivity index (χ1n) is 7.63. The maximum atomic E-state index is 4.25. The first-order chi connectivity index (χ1) is 9.29. The van der Waals surface area contributed by atoms with Gasteiger partial charge in [0.1, 0.15) is 0 Å². The maximum absolute atomic E-state index is 4.25. The largest absolute Gasteiger partial charge is 0.264 e. The van der Waals surface area contributed by atoms with Crippen molar-refractivity contribution in [3.63, 3.8) is 0 Å². The predicted octanol–water partition coefficient (Wildman–Crippen LogP) is 5.16. The zero-order chi connectivity index (χ0) is 13.2. The monoisotopic (exact) mass is 253 g/mol. The van der Waals surface area contributed by atoms with Crippen molar-refractivity contribution in [2.24, 2.45) is 11.8 Å². The number of hydrogen-bond acceptors (Lipinski definition) is 1. The van der Waals surface area contributed by atoms with Crippen molar-refractivity contribution in [3.8, 4) is 0 Å². The first-order valence-corrected chi connectivity index (χ1v) is 7.63. The van der Waals surface area contributed by atoms with Gasteiger partial charge in [-0.1, -0.05) is 32.4 Å². The van der Waals surface area contributed by atoms with Crippen LogP contribution in [0.2, 0.25) is 0 Å². The smallest absolute Gasteiger partial charge is 0.0346 e. The van der Waals surface area contributed by atoms with Gasteiger partial charge in [-0.2, -0.15) is 0 Å². The lowest BCUT2D eigenvalue weighted by atomic mass is 9.82. The normalized spacial score (nSPS) is 26.9. The van der Waals surface area contributed by atoms with Gasteiger partial charge in [0.25, 0.3) is 0 Å². The number of fused-ring (bicyclic) bond motifs is 1. The average molecular weight is 253 g/mol. The van der Waals surface area contributed by atoms with Gasteiger partial charge in [-0.15, -0.1) is 0 Å². The molecule has 1 aliphatic rings. The summed E-state index contributed by atoms with van der Waals surface area (Å²) in [6, 6.07) is 9.07. The van der Waals surface area contributed by atoms with E-state index < -0.39 is 0 Å². The summed E-state index contributed by atoms with van der Waals surface area (Å²) in [5.74, 6) is 2.52. The molecule has 1 aliphatic carbocycles. The van der Waals surface area contributed by atoms with E-state index in [1.807, 2.05) is 12.4 Å².